The van der Waals surface area contributed by atoms with E-state index in [2.05, 4.69) is 11.4 Å². The Balaban J connectivity index is 1.96. The van der Waals surface area contributed by atoms with Gasteiger partial charge in [0.15, 0.2) is 6.10 Å². The summed E-state index contributed by atoms with van der Waals surface area (Å²) in [6.07, 6.45) is 0.161. The quantitative estimate of drug-likeness (QED) is 0.872. The van der Waals surface area contributed by atoms with E-state index in [0.717, 1.165) is 16.9 Å². The van der Waals surface area contributed by atoms with Gasteiger partial charge in [-0.15, -0.1) is 0 Å². The van der Waals surface area contributed by atoms with Gasteiger partial charge in [0.2, 0.25) is 0 Å². The van der Waals surface area contributed by atoms with Crippen molar-refractivity contribution >= 4 is 5.91 Å². The zero-order chi connectivity index (χ0) is 16.8. The molecule has 0 aliphatic heterocycles. The second-order valence-corrected chi connectivity index (χ2v) is 5.99. The van der Waals surface area contributed by atoms with E-state index in [1.54, 1.807) is 0 Å². The third kappa shape index (κ3) is 4.85. The molecule has 0 saturated carbocycles. The van der Waals surface area contributed by atoms with Gasteiger partial charge in [-0.25, -0.2) is 0 Å². The van der Waals surface area contributed by atoms with Crippen LogP contribution < -0.4 is 10.1 Å². The Morgan fingerprint density at radius 1 is 1.04 bits per heavy atom. The normalized spacial score (nSPS) is 11.8. The van der Waals surface area contributed by atoms with Gasteiger partial charge >= 0.3 is 0 Å². The molecule has 1 atom stereocenters. The maximum atomic E-state index is 12.4. The highest BCUT2D eigenvalue weighted by atomic mass is 16.5. The number of benzene rings is 2. The van der Waals surface area contributed by atoms with Crippen molar-refractivity contribution in [2.75, 3.05) is 0 Å². The summed E-state index contributed by atoms with van der Waals surface area (Å²) in [5.74, 6) is 0.695. The average molecular weight is 311 g/mol. The molecule has 1 amide bonds. The maximum absolute atomic E-state index is 12.4. The van der Waals surface area contributed by atoms with Crippen LogP contribution in [0.1, 0.15) is 35.6 Å². The van der Waals surface area contributed by atoms with Gasteiger partial charge in [-0.05, 0) is 44.4 Å². The maximum Gasteiger partial charge on any atom is 0.261 e. The van der Waals surface area contributed by atoms with Gasteiger partial charge in [0.1, 0.15) is 5.75 Å². The largest absolute Gasteiger partial charge is 0.480 e. The van der Waals surface area contributed by atoms with Crippen molar-refractivity contribution in [3.05, 3.63) is 64.7 Å². The summed E-state index contributed by atoms with van der Waals surface area (Å²) < 4.78 is 5.91. The molecular weight excluding hydrogens is 286 g/mol. The van der Waals surface area contributed by atoms with Crippen LogP contribution in [0.5, 0.6) is 5.75 Å². The van der Waals surface area contributed by atoms with Crippen LogP contribution in [-0.2, 0) is 11.3 Å². The second-order valence-electron chi connectivity index (χ2n) is 5.99. The van der Waals surface area contributed by atoms with Gasteiger partial charge in [-0.3, -0.25) is 4.79 Å². The Labute approximate surface area is 138 Å². The molecule has 0 bridgehead atoms. The summed E-state index contributed by atoms with van der Waals surface area (Å²) in [4.78, 5) is 12.4. The Hall–Kier alpha value is -2.29. The van der Waals surface area contributed by atoms with Crippen LogP contribution in [0.2, 0.25) is 0 Å². The highest BCUT2D eigenvalue weighted by molar-refractivity contribution is 5.81. The fourth-order valence-corrected chi connectivity index (χ4v) is 2.42. The second kappa shape index (κ2) is 7.82. The fourth-order valence-electron chi connectivity index (χ4n) is 2.42. The monoisotopic (exact) mass is 311 g/mol. The summed E-state index contributed by atoms with van der Waals surface area (Å²) >= 11 is 0. The molecule has 0 saturated heterocycles. The Kier molecular flexibility index (Phi) is 5.80. The number of aryl methyl sites for hydroxylation is 3. The van der Waals surface area contributed by atoms with Gasteiger partial charge in [-0.1, -0.05) is 54.4 Å². The molecule has 0 fully saturated rings. The van der Waals surface area contributed by atoms with Gasteiger partial charge in [-0.2, -0.15) is 0 Å². The zero-order valence-electron chi connectivity index (χ0n) is 14.3. The molecule has 0 spiro atoms. The first kappa shape index (κ1) is 17.1. The minimum Gasteiger partial charge on any atom is -0.480 e. The number of amides is 1. The molecule has 23 heavy (non-hydrogen) atoms. The molecule has 3 heteroatoms. The van der Waals surface area contributed by atoms with E-state index in [4.69, 9.17) is 4.74 Å². The van der Waals surface area contributed by atoms with Gasteiger partial charge < -0.3 is 10.1 Å². The predicted molar refractivity (Wildman–Crippen MR) is 93.6 cm³/mol. The Morgan fingerprint density at radius 2 is 1.70 bits per heavy atom. The smallest absolute Gasteiger partial charge is 0.261 e. The molecule has 0 aliphatic carbocycles. The molecule has 1 N–H and O–H groups in total. The first-order valence-corrected chi connectivity index (χ1v) is 8.06. The van der Waals surface area contributed by atoms with E-state index in [1.165, 1.54) is 11.1 Å². The molecule has 122 valence electrons. The van der Waals surface area contributed by atoms with Crippen molar-refractivity contribution < 1.29 is 9.53 Å². The van der Waals surface area contributed by atoms with Crippen molar-refractivity contribution in [2.45, 2.75) is 46.8 Å². The summed E-state index contributed by atoms with van der Waals surface area (Å²) in [6.45, 7) is 8.57. The summed E-state index contributed by atoms with van der Waals surface area (Å²) in [6, 6.07) is 14.1. The van der Waals surface area contributed by atoms with E-state index in [1.807, 2.05) is 64.1 Å². The Bertz CT molecular complexity index is 662. The van der Waals surface area contributed by atoms with E-state index in [9.17, 15) is 4.79 Å². The van der Waals surface area contributed by atoms with E-state index in [-0.39, 0.29) is 5.91 Å². The first-order valence-electron chi connectivity index (χ1n) is 8.06. The minimum atomic E-state index is -0.471. The van der Waals surface area contributed by atoms with Gasteiger partial charge in [0, 0.05) is 6.54 Å². The molecule has 2 aromatic carbocycles. The minimum absolute atomic E-state index is 0.0759. The number of rotatable bonds is 6. The molecule has 3 nitrogen and oxygen atoms in total. The van der Waals surface area contributed by atoms with Gasteiger partial charge in [0.25, 0.3) is 5.91 Å². The van der Waals surface area contributed by atoms with E-state index < -0.39 is 6.10 Å². The summed E-state index contributed by atoms with van der Waals surface area (Å²) in [5.41, 5.74) is 4.54. The average Bonchev–Trinajstić information content (AvgIpc) is 2.53. The summed E-state index contributed by atoms with van der Waals surface area (Å²) in [7, 11) is 0. The lowest BCUT2D eigenvalue weighted by atomic mass is 10.1. The Morgan fingerprint density at radius 3 is 2.30 bits per heavy atom. The SMILES string of the molecule is CC[C@@H](Oc1ccc(C)cc1C)C(=O)NCc1ccc(C)cc1. The number of carbonyl (C=O) groups excluding carboxylic acids is 1. The van der Waals surface area contributed by atoms with Crippen LogP contribution in [-0.4, -0.2) is 12.0 Å². The van der Waals surface area contributed by atoms with Crippen molar-refractivity contribution in [3.8, 4) is 5.75 Å². The molecule has 0 aliphatic rings. The highest BCUT2D eigenvalue weighted by Crippen LogP contribution is 2.21. The van der Waals surface area contributed by atoms with Crippen molar-refractivity contribution in [1.82, 2.24) is 5.32 Å². The van der Waals surface area contributed by atoms with E-state index >= 15 is 0 Å². The zero-order valence-corrected chi connectivity index (χ0v) is 14.3. The number of ether oxygens (including phenoxy) is 1. The molecule has 0 aromatic heterocycles. The van der Waals surface area contributed by atoms with Crippen LogP contribution in [0.25, 0.3) is 0 Å². The number of hydrogen-bond acceptors (Lipinski definition) is 2. The number of nitrogens with one attached hydrogen (secondary N) is 1. The lowest BCUT2D eigenvalue weighted by Crippen LogP contribution is -2.37. The molecule has 0 radical (unpaired) electrons. The lowest BCUT2D eigenvalue weighted by molar-refractivity contribution is -0.128. The summed E-state index contributed by atoms with van der Waals surface area (Å²) in [5, 5.41) is 2.96. The fraction of sp³-hybridized carbons (Fsp3) is 0.350. The van der Waals surface area contributed by atoms with Crippen LogP contribution in [0.4, 0.5) is 0 Å². The van der Waals surface area contributed by atoms with Crippen LogP contribution >= 0.6 is 0 Å². The lowest BCUT2D eigenvalue weighted by Gasteiger charge is -2.19. The van der Waals surface area contributed by atoms with Crippen molar-refractivity contribution in [1.29, 1.82) is 0 Å². The van der Waals surface area contributed by atoms with Crippen LogP contribution in [0, 0.1) is 20.8 Å². The van der Waals surface area contributed by atoms with Crippen molar-refractivity contribution in [2.24, 2.45) is 0 Å². The first-order chi connectivity index (χ1) is 11.0. The number of hydrogen-bond donors (Lipinski definition) is 1. The van der Waals surface area contributed by atoms with Gasteiger partial charge in [0.05, 0.1) is 0 Å². The van der Waals surface area contributed by atoms with Crippen molar-refractivity contribution in [3.63, 3.8) is 0 Å². The standard InChI is InChI=1S/C20H25NO2/c1-5-18(23-19-11-8-15(3)12-16(19)4)20(22)21-13-17-9-6-14(2)7-10-17/h6-12,18H,5,13H2,1-4H3,(H,21,22)/t18-/m1/s1. The third-order valence-electron chi connectivity index (χ3n) is 3.85. The van der Waals surface area contributed by atoms with Crippen LogP contribution in [0.15, 0.2) is 42.5 Å². The topological polar surface area (TPSA) is 38.3 Å². The van der Waals surface area contributed by atoms with E-state index in [0.29, 0.717) is 13.0 Å². The third-order valence-corrected chi connectivity index (χ3v) is 3.85. The predicted octanol–water partition coefficient (Wildman–Crippen LogP) is 4.09. The molecule has 2 rings (SSSR count). The molecular formula is C20H25NO2. The number of carbonyl (C=O) groups is 1. The molecule has 2 aromatic rings. The molecule has 0 heterocycles. The molecule has 0 unspecified atom stereocenters. The highest BCUT2D eigenvalue weighted by Gasteiger charge is 2.18. The van der Waals surface area contributed by atoms with Crippen LogP contribution in [0.3, 0.4) is 0 Å².